The summed E-state index contributed by atoms with van der Waals surface area (Å²) in [6, 6.07) is 12.0. The van der Waals surface area contributed by atoms with Crippen molar-refractivity contribution in [1.82, 2.24) is 5.32 Å². The van der Waals surface area contributed by atoms with Gasteiger partial charge in [0.1, 0.15) is 5.75 Å². The van der Waals surface area contributed by atoms with E-state index in [4.69, 9.17) is 4.74 Å². The fraction of sp³-hybridized carbons (Fsp3) is 0.211. The van der Waals surface area contributed by atoms with Gasteiger partial charge in [-0.05, 0) is 37.3 Å². The van der Waals surface area contributed by atoms with Crippen molar-refractivity contribution >= 4 is 40.9 Å². The number of anilines is 2. The molecule has 0 fully saturated rings. The maximum Gasteiger partial charge on any atom is 0.257 e. The second kappa shape index (κ2) is 8.59. The molecule has 0 aromatic heterocycles. The lowest BCUT2D eigenvalue weighted by Gasteiger charge is -2.17. The van der Waals surface area contributed by atoms with E-state index in [9.17, 15) is 14.4 Å². The fourth-order valence-electron chi connectivity index (χ4n) is 2.49. The third-order valence-electron chi connectivity index (χ3n) is 3.71. The molecule has 0 radical (unpaired) electrons. The van der Waals surface area contributed by atoms with E-state index in [1.807, 2.05) is 13.0 Å². The predicted octanol–water partition coefficient (Wildman–Crippen LogP) is 2.50. The molecule has 3 amide bonds. The maximum atomic E-state index is 12.5. The number of carbonyl (C=O) groups is 3. The molecule has 0 aliphatic carbocycles. The van der Waals surface area contributed by atoms with Crippen LogP contribution in [0.5, 0.6) is 5.75 Å². The lowest BCUT2D eigenvalue weighted by molar-refractivity contribution is -0.123. The summed E-state index contributed by atoms with van der Waals surface area (Å²) in [4.78, 5) is 36.4. The van der Waals surface area contributed by atoms with Gasteiger partial charge < -0.3 is 20.7 Å². The fourth-order valence-corrected chi connectivity index (χ4v) is 3.28. The number of benzene rings is 2. The zero-order valence-corrected chi connectivity index (χ0v) is 15.5. The van der Waals surface area contributed by atoms with Gasteiger partial charge in [0.25, 0.3) is 11.8 Å². The van der Waals surface area contributed by atoms with Gasteiger partial charge in [0.05, 0.1) is 11.4 Å². The summed E-state index contributed by atoms with van der Waals surface area (Å²) >= 11 is 1.44. The molecule has 2 aromatic carbocycles. The van der Waals surface area contributed by atoms with Crippen LogP contribution in [0.15, 0.2) is 47.4 Å². The predicted molar refractivity (Wildman–Crippen MR) is 104 cm³/mol. The molecule has 27 heavy (non-hydrogen) atoms. The molecular weight excluding hydrogens is 366 g/mol. The van der Waals surface area contributed by atoms with E-state index in [2.05, 4.69) is 16.0 Å². The van der Waals surface area contributed by atoms with Gasteiger partial charge in [-0.1, -0.05) is 6.07 Å². The molecule has 1 aliphatic rings. The number of ether oxygens (including phenoxy) is 1. The average molecular weight is 385 g/mol. The van der Waals surface area contributed by atoms with Crippen LogP contribution in [0.4, 0.5) is 11.4 Å². The number of hydrogen-bond donors (Lipinski definition) is 3. The Labute approximate surface area is 160 Å². The Balaban J connectivity index is 1.66. The van der Waals surface area contributed by atoms with E-state index < -0.39 is 0 Å². The van der Waals surface area contributed by atoms with Crippen LogP contribution in [0.25, 0.3) is 0 Å². The lowest BCUT2D eigenvalue weighted by atomic mass is 10.1. The summed E-state index contributed by atoms with van der Waals surface area (Å²) in [6.07, 6.45) is 0. The number of likely N-dealkylation sites (N-methyl/N-ethyl adjacent to an activating group) is 1. The number of carbonyl (C=O) groups excluding carboxylic acids is 3. The number of rotatable bonds is 6. The number of amides is 3. The van der Waals surface area contributed by atoms with E-state index >= 15 is 0 Å². The Bertz CT molecular complexity index is 885. The molecule has 0 saturated heterocycles. The van der Waals surface area contributed by atoms with E-state index in [0.29, 0.717) is 35.0 Å². The first-order chi connectivity index (χ1) is 13.0. The van der Waals surface area contributed by atoms with Crippen LogP contribution in [-0.2, 0) is 9.59 Å². The number of thioether (sulfide) groups is 1. The van der Waals surface area contributed by atoms with Crippen molar-refractivity contribution in [3.63, 3.8) is 0 Å². The minimum absolute atomic E-state index is 0.0815. The van der Waals surface area contributed by atoms with Crippen molar-refractivity contribution in [2.75, 3.05) is 29.5 Å². The van der Waals surface area contributed by atoms with Crippen LogP contribution in [0.1, 0.15) is 17.3 Å². The zero-order chi connectivity index (χ0) is 19.2. The van der Waals surface area contributed by atoms with Gasteiger partial charge in [-0.25, -0.2) is 0 Å². The first-order valence-corrected chi connectivity index (χ1v) is 9.41. The Kier molecular flexibility index (Phi) is 5.97. The van der Waals surface area contributed by atoms with E-state index in [-0.39, 0.29) is 24.3 Å². The minimum Gasteiger partial charge on any atom is -0.484 e. The minimum atomic E-state index is -0.302. The molecule has 0 spiro atoms. The van der Waals surface area contributed by atoms with Crippen molar-refractivity contribution in [1.29, 1.82) is 0 Å². The van der Waals surface area contributed by atoms with Gasteiger partial charge in [-0.2, -0.15) is 0 Å². The van der Waals surface area contributed by atoms with Gasteiger partial charge in [-0.15, -0.1) is 11.8 Å². The number of hydrogen-bond acceptors (Lipinski definition) is 5. The molecule has 0 atom stereocenters. The highest BCUT2D eigenvalue weighted by atomic mass is 32.2. The second-order valence-electron chi connectivity index (χ2n) is 5.77. The standard InChI is InChI=1S/C19H19N3O4S/c1-2-20-17(23)10-26-14-5-3-4-13(9-14)21-19(25)12-6-7-16-15(8-12)22-18(24)11-27-16/h3-9H,2,10-11H2,1H3,(H,20,23)(H,21,25)(H,22,24). The second-order valence-corrected chi connectivity index (χ2v) is 6.79. The van der Waals surface area contributed by atoms with E-state index in [1.54, 1.807) is 36.4 Å². The first-order valence-electron chi connectivity index (χ1n) is 8.43. The normalized spacial score (nSPS) is 12.6. The first kappa shape index (κ1) is 18.8. The van der Waals surface area contributed by atoms with Crippen LogP contribution in [0, 0.1) is 0 Å². The zero-order valence-electron chi connectivity index (χ0n) is 14.7. The number of fused-ring (bicyclic) bond motifs is 1. The Morgan fingerprint density at radius 1 is 1.22 bits per heavy atom. The van der Waals surface area contributed by atoms with Crippen LogP contribution in [0.2, 0.25) is 0 Å². The molecule has 7 nitrogen and oxygen atoms in total. The average Bonchev–Trinajstić information content (AvgIpc) is 2.66. The topological polar surface area (TPSA) is 96.5 Å². The largest absolute Gasteiger partial charge is 0.484 e. The molecular formula is C19H19N3O4S. The summed E-state index contributed by atoms with van der Waals surface area (Å²) in [5.74, 6) is 0.265. The van der Waals surface area contributed by atoms with Crippen LogP contribution in [0.3, 0.4) is 0 Å². The molecule has 1 aliphatic heterocycles. The highest BCUT2D eigenvalue weighted by Gasteiger charge is 2.17. The van der Waals surface area contributed by atoms with Crippen molar-refractivity contribution in [2.24, 2.45) is 0 Å². The molecule has 2 aromatic rings. The summed E-state index contributed by atoms with van der Waals surface area (Å²) in [5.41, 5.74) is 1.62. The lowest BCUT2D eigenvalue weighted by Crippen LogP contribution is -2.28. The van der Waals surface area contributed by atoms with Gasteiger partial charge in [-0.3, -0.25) is 14.4 Å². The third-order valence-corrected chi connectivity index (χ3v) is 4.78. The summed E-state index contributed by atoms with van der Waals surface area (Å²) < 4.78 is 5.42. The van der Waals surface area contributed by atoms with Gasteiger partial charge in [0, 0.05) is 28.8 Å². The molecule has 0 bridgehead atoms. The summed E-state index contributed by atoms with van der Waals surface area (Å²) in [6.45, 7) is 2.28. The van der Waals surface area contributed by atoms with E-state index in [0.717, 1.165) is 4.90 Å². The van der Waals surface area contributed by atoms with Crippen molar-refractivity contribution < 1.29 is 19.1 Å². The van der Waals surface area contributed by atoms with Crippen molar-refractivity contribution in [2.45, 2.75) is 11.8 Å². The highest BCUT2D eigenvalue weighted by Crippen LogP contribution is 2.32. The van der Waals surface area contributed by atoms with Gasteiger partial charge in [0.2, 0.25) is 5.91 Å². The van der Waals surface area contributed by atoms with Gasteiger partial charge >= 0.3 is 0 Å². The van der Waals surface area contributed by atoms with E-state index in [1.165, 1.54) is 11.8 Å². The van der Waals surface area contributed by atoms with Crippen molar-refractivity contribution in [3.8, 4) is 5.75 Å². The molecule has 0 saturated carbocycles. The smallest absolute Gasteiger partial charge is 0.257 e. The van der Waals surface area contributed by atoms with Crippen LogP contribution >= 0.6 is 11.8 Å². The SMILES string of the molecule is CCNC(=O)COc1cccc(NC(=O)c2ccc3c(c2)NC(=O)CS3)c1. The maximum absolute atomic E-state index is 12.5. The van der Waals surface area contributed by atoms with Gasteiger partial charge in [0.15, 0.2) is 6.61 Å². The molecule has 1 heterocycles. The molecule has 3 N–H and O–H groups in total. The van der Waals surface area contributed by atoms with Crippen LogP contribution in [-0.4, -0.2) is 36.6 Å². The summed E-state index contributed by atoms with van der Waals surface area (Å²) in [5, 5.41) is 8.21. The molecule has 140 valence electrons. The molecule has 8 heteroatoms. The molecule has 0 unspecified atom stereocenters. The Morgan fingerprint density at radius 2 is 2.07 bits per heavy atom. The number of nitrogens with one attached hydrogen (secondary N) is 3. The monoisotopic (exact) mass is 385 g/mol. The Hall–Kier alpha value is -3.00. The summed E-state index contributed by atoms with van der Waals surface area (Å²) in [7, 11) is 0. The Morgan fingerprint density at radius 3 is 2.89 bits per heavy atom. The quantitative estimate of drug-likeness (QED) is 0.710. The van der Waals surface area contributed by atoms with Crippen molar-refractivity contribution in [3.05, 3.63) is 48.0 Å². The highest BCUT2D eigenvalue weighted by molar-refractivity contribution is 8.00. The van der Waals surface area contributed by atoms with Crippen LogP contribution < -0.4 is 20.7 Å². The molecule has 3 rings (SSSR count). The third kappa shape index (κ3) is 5.01.